The molecular formula is C27H38N4O5. The normalized spacial score (nSPS) is 19.6. The fraction of sp³-hybridized carbons (Fsp3) is 0.556. The molecule has 4 atom stereocenters. The van der Waals surface area contributed by atoms with E-state index in [1.807, 2.05) is 65.8 Å². The Labute approximate surface area is 212 Å². The summed E-state index contributed by atoms with van der Waals surface area (Å²) in [7, 11) is 0. The second kappa shape index (κ2) is 11.2. The smallest absolute Gasteiger partial charge is 0.246 e. The van der Waals surface area contributed by atoms with Crippen molar-refractivity contribution in [2.45, 2.75) is 79.1 Å². The molecule has 0 saturated carbocycles. The minimum Gasteiger partial charge on any atom is -0.391 e. The van der Waals surface area contributed by atoms with Gasteiger partial charge in [0.05, 0.1) is 11.8 Å². The van der Waals surface area contributed by atoms with E-state index in [-0.39, 0.29) is 43.1 Å². The van der Waals surface area contributed by atoms with Crippen LogP contribution in [0, 0.1) is 18.3 Å². The van der Waals surface area contributed by atoms with Crippen LogP contribution < -0.4 is 10.6 Å². The molecule has 1 aliphatic rings. The van der Waals surface area contributed by atoms with Crippen molar-refractivity contribution in [2.75, 3.05) is 6.54 Å². The van der Waals surface area contributed by atoms with E-state index in [0.717, 1.165) is 22.4 Å². The fourth-order valence-electron chi connectivity index (χ4n) is 4.27. The molecule has 196 valence electrons. The van der Waals surface area contributed by atoms with Crippen molar-refractivity contribution in [3.63, 3.8) is 0 Å². The molecule has 1 aromatic carbocycles. The molecule has 1 saturated heterocycles. The summed E-state index contributed by atoms with van der Waals surface area (Å²) < 4.78 is 5.00. The predicted octanol–water partition coefficient (Wildman–Crippen LogP) is 2.81. The first kappa shape index (κ1) is 27.4. The van der Waals surface area contributed by atoms with E-state index in [0.29, 0.717) is 6.42 Å². The molecule has 9 heteroatoms. The average Bonchev–Trinajstić information content (AvgIpc) is 3.44. The molecule has 2 aromatic rings. The van der Waals surface area contributed by atoms with Crippen molar-refractivity contribution in [2.24, 2.45) is 11.3 Å². The van der Waals surface area contributed by atoms with Crippen molar-refractivity contribution in [1.82, 2.24) is 20.7 Å². The Morgan fingerprint density at radius 1 is 1.22 bits per heavy atom. The number of carbonyl (C=O) groups excluding carboxylic acids is 3. The Morgan fingerprint density at radius 2 is 1.89 bits per heavy atom. The van der Waals surface area contributed by atoms with Gasteiger partial charge in [0.1, 0.15) is 18.3 Å². The summed E-state index contributed by atoms with van der Waals surface area (Å²) in [4.78, 5) is 40.7. The van der Waals surface area contributed by atoms with Crippen LogP contribution in [0.25, 0.3) is 11.1 Å². The van der Waals surface area contributed by atoms with Gasteiger partial charge in [-0.2, -0.15) is 0 Å². The van der Waals surface area contributed by atoms with Crippen molar-refractivity contribution in [3.8, 4) is 11.1 Å². The monoisotopic (exact) mass is 498 g/mol. The number of nitrogens with one attached hydrogen (secondary N) is 2. The quantitative estimate of drug-likeness (QED) is 0.514. The molecule has 9 nitrogen and oxygen atoms in total. The van der Waals surface area contributed by atoms with Crippen LogP contribution in [0.1, 0.15) is 58.7 Å². The van der Waals surface area contributed by atoms with Gasteiger partial charge in [0.25, 0.3) is 0 Å². The maximum atomic E-state index is 13.6. The molecule has 1 fully saturated rings. The third-order valence-corrected chi connectivity index (χ3v) is 6.81. The lowest BCUT2D eigenvalue weighted by molar-refractivity contribution is -0.144. The first-order valence-corrected chi connectivity index (χ1v) is 12.5. The molecule has 4 unspecified atom stereocenters. The zero-order valence-electron chi connectivity index (χ0n) is 22.0. The van der Waals surface area contributed by atoms with Crippen LogP contribution in [0.4, 0.5) is 0 Å². The van der Waals surface area contributed by atoms with Gasteiger partial charge in [-0.15, -0.1) is 0 Å². The van der Waals surface area contributed by atoms with Gasteiger partial charge in [-0.25, -0.2) is 0 Å². The van der Waals surface area contributed by atoms with Gasteiger partial charge in [0.2, 0.25) is 17.7 Å². The lowest BCUT2D eigenvalue weighted by atomic mass is 9.85. The third kappa shape index (κ3) is 6.32. The molecule has 0 radical (unpaired) electrons. The SMILES string of the molecule is CCC(C)C(=O)NC(C(=O)N1CC(O)CC1C(=O)NCc1ccc(-c2conc2C)cc1)C(C)(C)C. The molecule has 1 aromatic heterocycles. The van der Waals surface area contributed by atoms with E-state index < -0.39 is 23.6 Å². The Morgan fingerprint density at radius 3 is 2.44 bits per heavy atom. The first-order chi connectivity index (χ1) is 16.9. The molecule has 36 heavy (non-hydrogen) atoms. The molecule has 0 spiro atoms. The van der Waals surface area contributed by atoms with E-state index in [2.05, 4.69) is 15.8 Å². The third-order valence-electron chi connectivity index (χ3n) is 6.81. The molecule has 1 aliphatic heterocycles. The highest BCUT2D eigenvalue weighted by Crippen LogP contribution is 2.27. The molecule has 0 aliphatic carbocycles. The van der Waals surface area contributed by atoms with Gasteiger partial charge in [-0.1, -0.05) is 64.0 Å². The number of aliphatic hydroxyl groups excluding tert-OH is 1. The number of hydrogen-bond donors (Lipinski definition) is 3. The Bertz CT molecular complexity index is 1070. The van der Waals surface area contributed by atoms with E-state index in [1.165, 1.54) is 4.90 Å². The van der Waals surface area contributed by atoms with Crippen molar-refractivity contribution < 1.29 is 24.0 Å². The molecular weight excluding hydrogens is 460 g/mol. The lowest BCUT2D eigenvalue weighted by Gasteiger charge is -2.35. The highest BCUT2D eigenvalue weighted by Gasteiger charge is 2.44. The number of benzene rings is 1. The van der Waals surface area contributed by atoms with Crippen molar-refractivity contribution >= 4 is 17.7 Å². The first-order valence-electron chi connectivity index (χ1n) is 12.5. The van der Waals surface area contributed by atoms with Crippen LogP contribution in [-0.4, -0.2) is 57.6 Å². The van der Waals surface area contributed by atoms with Crippen LogP contribution in [0.2, 0.25) is 0 Å². The lowest BCUT2D eigenvalue weighted by Crippen LogP contribution is -2.58. The van der Waals surface area contributed by atoms with E-state index in [1.54, 1.807) is 6.26 Å². The van der Waals surface area contributed by atoms with Crippen LogP contribution in [0.15, 0.2) is 35.1 Å². The molecule has 3 N–H and O–H groups in total. The zero-order chi connectivity index (χ0) is 26.6. The summed E-state index contributed by atoms with van der Waals surface area (Å²) in [5.74, 6) is -1.12. The number of β-amino-alcohol motifs (C(OH)–C–C–N with tert-alkyl or cyclic N) is 1. The standard InChI is InChI=1S/C27H38N4O5/c1-7-16(2)24(33)29-23(27(4,5)6)26(35)31-14-20(32)12-22(31)25(34)28-13-18-8-10-19(11-9-18)21-15-36-30-17(21)3/h8-11,15-16,20,22-23,32H,7,12-14H2,1-6H3,(H,28,34)(H,29,33). The number of hydrogen-bond acceptors (Lipinski definition) is 6. The van der Waals surface area contributed by atoms with Gasteiger partial charge >= 0.3 is 0 Å². The molecule has 2 heterocycles. The summed E-state index contributed by atoms with van der Waals surface area (Å²) in [6, 6.07) is 6.07. The van der Waals surface area contributed by atoms with Crippen LogP contribution in [0.3, 0.4) is 0 Å². The summed E-state index contributed by atoms with van der Waals surface area (Å²) in [6.07, 6.45) is 1.60. The van der Waals surface area contributed by atoms with E-state index >= 15 is 0 Å². The predicted molar refractivity (Wildman–Crippen MR) is 135 cm³/mol. The minimum atomic E-state index is -0.812. The number of nitrogens with zero attached hydrogens (tertiary/aromatic N) is 2. The van der Waals surface area contributed by atoms with E-state index in [4.69, 9.17) is 4.52 Å². The topological polar surface area (TPSA) is 125 Å². The molecule has 0 bridgehead atoms. The number of amides is 3. The second-order valence-electron chi connectivity index (χ2n) is 10.7. The number of carbonyl (C=O) groups is 3. The van der Waals surface area contributed by atoms with Gasteiger partial charge in [-0.3, -0.25) is 14.4 Å². The van der Waals surface area contributed by atoms with Gasteiger partial charge in [0, 0.05) is 31.0 Å². The fourth-order valence-corrected chi connectivity index (χ4v) is 4.27. The number of likely N-dealkylation sites (tertiary alicyclic amines) is 1. The molecule has 3 amide bonds. The number of aliphatic hydroxyl groups is 1. The van der Waals surface area contributed by atoms with Crippen LogP contribution in [-0.2, 0) is 20.9 Å². The number of aryl methyl sites for hydroxylation is 1. The van der Waals surface area contributed by atoms with Gasteiger partial charge < -0.3 is 25.2 Å². The highest BCUT2D eigenvalue weighted by atomic mass is 16.5. The summed E-state index contributed by atoms with van der Waals surface area (Å²) in [6.45, 7) is 11.6. The summed E-state index contributed by atoms with van der Waals surface area (Å²) in [5.41, 5.74) is 3.00. The van der Waals surface area contributed by atoms with Gasteiger partial charge in [0.15, 0.2) is 0 Å². The maximum absolute atomic E-state index is 13.6. The number of rotatable bonds is 8. The maximum Gasteiger partial charge on any atom is 0.246 e. The molecule has 3 rings (SSSR count). The van der Waals surface area contributed by atoms with Crippen LogP contribution in [0.5, 0.6) is 0 Å². The van der Waals surface area contributed by atoms with Crippen LogP contribution >= 0.6 is 0 Å². The largest absolute Gasteiger partial charge is 0.391 e. The highest BCUT2D eigenvalue weighted by molar-refractivity contribution is 5.93. The Kier molecular flexibility index (Phi) is 8.55. The summed E-state index contributed by atoms with van der Waals surface area (Å²) in [5, 5.41) is 20.0. The number of aromatic nitrogens is 1. The summed E-state index contributed by atoms with van der Waals surface area (Å²) >= 11 is 0. The minimum absolute atomic E-state index is 0.0511. The Hall–Kier alpha value is -3.20. The second-order valence-corrected chi connectivity index (χ2v) is 10.7. The average molecular weight is 499 g/mol. The van der Waals surface area contributed by atoms with E-state index in [9.17, 15) is 19.5 Å². The van der Waals surface area contributed by atoms with Crippen molar-refractivity contribution in [3.05, 3.63) is 41.8 Å². The Balaban J connectivity index is 1.68. The van der Waals surface area contributed by atoms with Crippen molar-refractivity contribution in [1.29, 1.82) is 0 Å². The zero-order valence-corrected chi connectivity index (χ0v) is 22.0. The van der Waals surface area contributed by atoms with Gasteiger partial charge in [-0.05, 0) is 29.9 Å².